The first-order valence-electron chi connectivity index (χ1n) is 7.13. The van der Waals surface area contributed by atoms with Crippen LogP contribution < -0.4 is 0 Å². The van der Waals surface area contributed by atoms with Crippen LogP contribution in [0.25, 0.3) is 0 Å². The molecule has 0 atom stereocenters. The van der Waals surface area contributed by atoms with Gasteiger partial charge in [0.1, 0.15) is 0 Å². The lowest BCUT2D eigenvalue weighted by Crippen LogP contribution is -2.33. The van der Waals surface area contributed by atoms with Crippen molar-refractivity contribution in [2.45, 2.75) is 52.4 Å². The number of ether oxygens (including phenoxy) is 1. The number of hydrogen-bond acceptors (Lipinski definition) is 2. The summed E-state index contributed by atoms with van der Waals surface area (Å²) in [7, 11) is 0. The van der Waals surface area contributed by atoms with Gasteiger partial charge >= 0.3 is 0 Å². The Morgan fingerprint density at radius 1 is 1.06 bits per heavy atom. The Kier molecular flexibility index (Phi) is 7.87. The fourth-order valence-electron chi connectivity index (χ4n) is 2.25. The van der Waals surface area contributed by atoms with Crippen LogP contribution in [0, 0.1) is 5.92 Å². The first-order chi connectivity index (χ1) is 7.83. The van der Waals surface area contributed by atoms with E-state index in [0.717, 1.165) is 25.6 Å². The number of unbranched alkanes of at least 4 members (excludes halogenated alkanes) is 2. The van der Waals surface area contributed by atoms with E-state index in [1.165, 1.54) is 51.7 Å². The molecule has 0 aliphatic carbocycles. The molecule has 0 spiro atoms. The molecule has 0 aromatic carbocycles. The summed E-state index contributed by atoms with van der Waals surface area (Å²) in [6, 6.07) is 0. The fraction of sp³-hybridized carbons (Fsp3) is 1.00. The third-order valence-corrected chi connectivity index (χ3v) is 3.49. The maximum absolute atomic E-state index is 5.48. The van der Waals surface area contributed by atoms with Crippen LogP contribution in [0.15, 0.2) is 0 Å². The van der Waals surface area contributed by atoms with Crippen molar-refractivity contribution < 1.29 is 4.74 Å². The van der Waals surface area contributed by atoms with Gasteiger partial charge < -0.3 is 9.64 Å². The summed E-state index contributed by atoms with van der Waals surface area (Å²) in [4.78, 5) is 2.63. The normalized spacial score (nSPS) is 19.1. The van der Waals surface area contributed by atoms with E-state index < -0.39 is 0 Å². The summed E-state index contributed by atoms with van der Waals surface area (Å²) < 4.78 is 5.48. The largest absolute Gasteiger partial charge is 0.381 e. The SMILES string of the molecule is CCCOCCCCCN1CCC(C)CC1. The maximum Gasteiger partial charge on any atom is 0.0466 e. The summed E-state index contributed by atoms with van der Waals surface area (Å²) in [6.07, 6.45) is 7.87. The molecule has 0 unspecified atom stereocenters. The minimum absolute atomic E-state index is 0.935. The summed E-state index contributed by atoms with van der Waals surface area (Å²) in [5.74, 6) is 0.957. The average molecular weight is 227 g/mol. The number of rotatable bonds is 8. The lowest BCUT2D eigenvalue weighted by Gasteiger charge is -2.30. The van der Waals surface area contributed by atoms with Gasteiger partial charge in [-0.15, -0.1) is 0 Å². The molecule has 1 fully saturated rings. The molecule has 1 aliphatic heterocycles. The molecule has 1 aliphatic rings. The van der Waals surface area contributed by atoms with E-state index >= 15 is 0 Å². The molecule has 1 heterocycles. The predicted octanol–water partition coefficient (Wildman–Crippen LogP) is 3.32. The standard InChI is InChI=1S/C14H29NO/c1-3-12-16-13-6-4-5-9-15-10-7-14(2)8-11-15/h14H,3-13H2,1-2H3. The van der Waals surface area contributed by atoms with Gasteiger partial charge in [0.2, 0.25) is 0 Å². The summed E-state index contributed by atoms with van der Waals surface area (Å²) in [5.41, 5.74) is 0. The van der Waals surface area contributed by atoms with E-state index in [2.05, 4.69) is 18.7 Å². The third-order valence-electron chi connectivity index (χ3n) is 3.49. The van der Waals surface area contributed by atoms with Gasteiger partial charge in [0.25, 0.3) is 0 Å². The van der Waals surface area contributed by atoms with E-state index in [-0.39, 0.29) is 0 Å². The molecule has 0 amide bonds. The van der Waals surface area contributed by atoms with Crippen molar-refractivity contribution in [2.75, 3.05) is 32.8 Å². The number of piperidine rings is 1. The number of hydrogen-bond donors (Lipinski definition) is 0. The number of likely N-dealkylation sites (tertiary alicyclic amines) is 1. The van der Waals surface area contributed by atoms with Crippen LogP contribution >= 0.6 is 0 Å². The molecule has 2 heteroatoms. The molecule has 1 saturated heterocycles. The van der Waals surface area contributed by atoms with Crippen molar-refractivity contribution in [2.24, 2.45) is 5.92 Å². The summed E-state index contributed by atoms with van der Waals surface area (Å²) in [5, 5.41) is 0. The molecule has 96 valence electrons. The summed E-state index contributed by atoms with van der Waals surface area (Å²) in [6.45, 7) is 10.4. The highest BCUT2D eigenvalue weighted by Crippen LogP contribution is 2.16. The van der Waals surface area contributed by atoms with Gasteiger partial charge in [0.15, 0.2) is 0 Å². The van der Waals surface area contributed by atoms with Gasteiger partial charge in [-0.1, -0.05) is 13.8 Å². The van der Waals surface area contributed by atoms with Crippen molar-refractivity contribution in [3.8, 4) is 0 Å². The zero-order valence-corrected chi connectivity index (χ0v) is 11.2. The number of nitrogens with zero attached hydrogens (tertiary/aromatic N) is 1. The van der Waals surface area contributed by atoms with E-state index in [1.54, 1.807) is 0 Å². The highest BCUT2D eigenvalue weighted by atomic mass is 16.5. The highest BCUT2D eigenvalue weighted by Gasteiger charge is 2.14. The zero-order valence-electron chi connectivity index (χ0n) is 11.2. The van der Waals surface area contributed by atoms with Crippen molar-refractivity contribution in [3.63, 3.8) is 0 Å². The van der Waals surface area contributed by atoms with Crippen molar-refractivity contribution in [1.29, 1.82) is 0 Å². The van der Waals surface area contributed by atoms with E-state index in [4.69, 9.17) is 4.74 Å². The second kappa shape index (κ2) is 9.00. The van der Waals surface area contributed by atoms with E-state index in [1.807, 2.05) is 0 Å². The van der Waals surface area contributed by atoms with Gasteiger partial charge in [-0.25, -0.2) is 0 Å². The quantitative estimate of drug-likeness (QED) is 0.590. The molecule has 0 aromatic heterocycles. The maximum atomic E-state index is 5.48. The highest BCUT2D eigenvalue weighted by molar-refractivity contribution is 4.68. The Balaban J connectivity index is 1.84. The molecular weight excluding hydrogens is 198 g/mol. The van der Waals surface area contributed by atoms with Crippen LogP contribution in [0.2, 0.25) is 0 Å². The van der Waals surface area contributed by atoms with E-state index in [9.17, 15) is 0 Å². The topological polar surface area (TPSA) is 12.5 Å². The Morgan fingerprint density at radius 3 is 2.50 bits per heavy atom. The summed E-state index contributed by atoms with van der Waals surface area (Å²) >= 11 is 0. The molecule has 0 saturated carbocycles. The van der Waals surface area contributed by atoms with Crippen molar-refractivity contribution in [3.05, 3.63) is 0 Å². The molecule has 0 N–H and O–H groups in total. The monoisotopic (exact) mass is 227 g/mol. The fourth-order valence-corrected chi connectivity index (χ4v) is 2.25. The minimum Gasteiger partial charge on any atom is -0.381 e. The second-order valence-corrected chi connectivity index (χ2v) is 5.20. The zero-order chi connectivity index (χ0) is 11.6. The molecule has 2 nitrogen and oxygen atoms in total. The Hall–Kier alpha value is -0.0800. The van der Waals surface area contributed by atoms with Crippen LogP contribution in [0.5, 0.6) is 0 Å². The molecule has 0 aromatic rings. The van der Waals surface area contributed by atoms with Crippen LogP contribution in [-0.4, -0.2) is 37.7 Å². The van der Waals surface area contributed by atoms with E-state index in [0.29, 0.717) is 0 Å². The van der Waals surface area contributed by atoms with Gasteiger partial charge in [-0.05, 0) is 64.1 Å². The lowest BCUT2D eigenvalue weighted by atomic mass is 9.99. The van der Waals surface area contributed by atoms with Gasteiger partial charge in [-0.3, -0.25) is 0 Å². The van der Waals surface area contributed by atoms with Crippen LogP contribution in [-0.2, 0) is 4.74 Å². The second-order valence-electron chi connectivity index (χ2n) is 5.20. The van der Waals surface area contributed by atoms with Gasteiger partial charge in [0, 0.05) is 13.2 Å². The minimum atomic E-state index is 0.935. The molecule has 0 bridgehead atoms. The molecular formula is C14H29NO. The first kappa shape index (κ1) is 14.0. The first-order valence-corrected chi connectivity index (χ1v) is 7.13. The van der Waals surface area contributed by atoms with Crippen LogP contribution in [0.1, 0.15) is 52.4 Å². The van der Waals surface area contributed by atoms with Crippen molar-refractivity contribution in [1.82, 2.24) is 4.90 Å². The Labute approximate surface area is 101 Å². The van der Waals surface area contributed by atoms with Crippen LogP contribution in [0.4, 0.5) is 0 Å². The molecule has 0 radical (unpaired) electrons. The Morgan fingerprint density at radius 2 is 1.81 bits per heavy atom. The lowest BCUT2D eigenvalue weighted by molar-refractivity contribution is 0.128. The van der Waals surface area contributed by atoms with Gasteiger partial charge in [-0.2, -0.15) is 0 Å². The van der Waals surface area contributed by atoms with Crippen molar-refractivity contribution >= 4 is 0 Å². The smallest absolute Gasteiger partial charge is 0.0466 e. The van der Waals surface area contributed by atoms with Crippen LogP contribution in [0.3, 0.4) is 0 Å². The molecule has 16 heavy (non-hydrogen) atoms. The Bertz CT molecular complexity index is 153. The van der Waals surface area contributed by atoms with Gasteiger partial charge in [0.05, 0.1) is 0 Å². The average Bonchev–Trinajstić information content (AvgIpc) is 2.30. The third kappa shape index (κ3) is 6.49. The predicted molar refractivity (Wildman–Crippen MR) is 69.8 cm³/mol. The molecule has 1 rings (SSSR count).